The largest absolute Gasteiger partial charge is 0.369 e. The lowest BCUT2D eigenvalue weighted by molar-refractivity contribution is -0.742. The van der Waals surface area contributed by atoms with Crippen molar-refractivity contribution in [2.24, 2.45) is 10.8 Å². The maximum Gasteiger partial charge on any atom is 0.291 e. The third-order valence-electron chi connectivity index (χ3n) is 1.20. The predicted octanol–water partition coefficient (Wildman–Crippen LogP) is 0.156. The van der Waals surface area contributed by atoms with Gasteiger partial charge in [-0.15, -0.1) is 10.1 Å². The Hall–Kier alpha value is -2.64. The Morgan fingerprint density at radius 3 is 2.50 bits per heavy atom. The molecule has 8 heteroatoms. The number of hydrazone groups is 1. The van der Waals surface area contributed by atoms with Crippen molar-refractivity contribution in [3.05, 3.63) is 46.0 Å². The highest BCUT2D eigenvalue weighted by atomic mass is 16.9. The van der Waals surface area contributed by atoms with Crippen LogP contribution < -0.4 is 11.2 Å². The van der Waals surface area contributed by atoms with Crippen molar-refractivity contribution in [2.45, 2.75) is 0 Å². The van der Waals surface area contributed by atoms with E-state index in [1.165, 1.54) is 0 Å². The third kappa shape index (κ3) is 9.45. The number of hydrogen-bond acceptors (Lipinski definition) is 4. The van der Waals surface area contributed by atoms with E-state index in [0.29, 0.717) is 0 Å². The monoisotopic (exact) mass is 225 g/mol. The van der Waals surface area contributed by atoms with Gasteiger partial charge in [-0.3, -0.25) is 5.41 Å². The van der Waals surface area contributed by atoms with Crippen LogP contribution in [-0.2, 0) is 0 Å². The summed E-state index contributed by atoms with van der Waals surface area (Å²) in [6, 6.07) is 9.57. The molecule has 0 aliphatic carbocycles. The van der Waals surface area contributed by atoms with Crippen LogP contribution in [0.5, 0.6) is 0 Å². The van der Waals surface area contributed by atoms with Crippen LogP contribution >= 0.6 is 0 Å². The molecule has 0 bridgehead atoms. The summed E-state index contributed by atoms with van der Waals surface area (Å²) in [7, 11) is 0. The highest BCUT2D eigenvalue weighted by Gasteiger charge is 1.83. The Kier molecular flexibility index (Phi) is 6.46. The number of guanidine groups is 1. The number of nitrogens with one attached hydrogen (secondary N) is 2. The van der Waals surface area contributed by atoms with Gasteiger partial charge in [0.15, 0.2) is 0 Å². The smallest absolute Gasteiger partial charge is 0.291 e. The van der Waals surface area contributed by atoms with Crippen LogP contribution in [-0.4, -0.2) is 22.5 Å². The summed E-state index contributed by atoms with van der Waals surface area (Å²) < 4.78 is 0. The fourth-order valence-electron chi connectivity index (χ4n) is 0.715. The minimum Gasteiger partial charge on any atom is -0.369 e. The summed E-state index contributed by atoms with van der Waals surface area (Å²) in [5, 5.41) is 24.2. The van der Waals surface area contributed by atoms with Crippen LogP contribution in [0.15, 0.2) is 35.4 Å². The Morgan fingerprint density at radius 2 is 2.06 bits per heavy atom. The van der Waals surface area contributed by atoms with E-state index in [1.807, 2.05) is 30.3 Å². The first-order valence-electron chi connectivity index (χ1n) is 4.03. The summed E-state index contributed by atoms with van der Waals surface area (Å²) in [4.78, 5) is 8.36. The molecular formula is C8H11N5O3. The lowest BCUT2D eigenvalue weighted by Crippen LogP contribution is -2.25. The van der Waals surface area contributed by atoms with Crippen molar-refractivity contribution in [2.75, 3.05) is 0 Å². The van der Waals surface area contributed by atoms with Gasteiger partial charge in [-0.25, -0.2) is 5.43 Å². The van der Waals surface area contributed by atoms with Gasteiger partial charge < -0.3 is 10.9 Å². The molecule has 16 heavy (non-hydrogen) atoms. The second kappa shape index (κ2) is 7.74. The molecular weight excluding hydrogens is 214 g/mol. The molecule has 0 spiro atoms. The number of rotatable bonds is 2. The van der Waals surface area contributed by atoms with Gasteiger partial charge in [0.05, 0.1) is 6.21 Å². The second-order valence-corrected chi connectivity index (χ2v) is 2.43. The first-order valence-corrected chi connectivity index (χ1v) is 4.03. The molecule has 0 fully saturated rings. The maximum absolute atomic E-state index is 8.36. The zero-order chi connectivity index (χ0) is 12.4. The van der Waals surface area contributed by atoms with Crippen molar-refractivity contribution < 1.29 is 10.3 Å². The van der Waals surface area contributed by atoms with Crippen molar-refractivity contribution in [1.82, 2.24) is 5.43 Å². The van der Waals surface area contributed by atoms with E-state index in [9.17, 15) is 0 Å². The quantitative estimate of drug-likeness (QED) is 0.246. The topological polar surface area (TPSA) is 138 Å². The van der Waals surface area contributed by atoms with Crippen molar-refractivity contribution >= 4 is 12.2 Å². The molecule has 8 nitrogen and oxygen atoms in total. The highest BCUT2D eigenvalue weighted by molar-refractivity contribution is 5.81. The Balaban J connectivity index is 0.000000487. The third-order valence-corrected chi connectivity index (χ3v) is 1.20. The van der Waals surface area contributed by atoms with Gasteiger partial charge >= 0.3 is 0 Å². The average Bonchev–Trinajstić information content (AvgIpc) is 2.18. The molecule has 0 saturated carbocycles. The molecule has 0 atom stereocenters. The molecule has 0 aromatic heterocycles. The summed E-state index contributed by atoms with van der Waals surface area (Å²) in [6.07, 6.45) is 1.60. The molecule has 0 saturated heterocycles. The van der Waals surface area contributed by atoms with Gasteiger partial charge in [0, 0.05) is 0 Å². The SMILES string of the molecule is N=C(N)NN=Cc1ccccc1.O=[N+]([O-])O. The zero-order valence-corrected chi connectivity index (χ0v) is 8.20. The first-order chi connectivity index (χ1) is 7.52. The van der Waals surface area contributed by atoms with E-state index in [2.05, 4.69) is 10.5 Å². The maximum atomic E-state index is 8.36. The molecule has 0 amide bonds. The van der Waals surface area contributed by atoms with Crippen LogP contribution in [0.1, 0.15) is 5.56 Å². The molecule has 86 valence electrons. The molecule has 1 aromatic carbocycles. The van der Waals surface area contributed by atoms with E-state index < -0.39 is 5.09 Å². The zero-order valence-electron chi connectivity index (χ0n) is 8.20. The lowest BCUT2D eigenvalue weighted by atomic mass is 10.2. The molecule has 0 aliphatic heterocycles. The summed E-state index contributed by atoms with van der Waals surface area (Å²) in [5.74, 6) is -0.165. The van der Waals surface area contributed by atoms with Gasteiger partial charge in [-0.2, -0.15) is 5.10 Å². The van der Waals surface area contributed by atoms with Crippen LogP contribution in [0.3, 0.4) is 0 Å². The van der Waals surface area contributed by atoms with Crippen LogP contribution in [0.25, 0.3) is 0 Å². The first kappa shape index (κ1) is 13.4. The highest BCUT2D eigenvalue weighted by Crippen LogP contribution is 1.92. The van der Waals surface area contributed by atoms with Crippen molar-refractivity contribution in [3.63, 3.8) is 0 Å². The van der Waals surface area contributed by atoms with E-state index in [-0.39, 0.29) is 5.96 Å². The standard InChI is InChI=1S/C8H10N4.HNO3/c9-8(10)12-11-6-7-4-2-1-3-5-7;2-1(3)4/h1-6H,(H4,9,10,12);(H,2,3,4). The van der Waals surface area contributed by atoms with Gasteiger partial charge in [0.2, 0.25) is 5.96 Å². The Morgan fingerprint density at radius 1 is 1.56 bits per heavy atom. The number of benzene rings is 1. The molecule has 0 radical (unpaired) electrons. The van der Waals surface area contributed by atoms with Crippen LogP contribution in [0.2, 0.25) is 0 Å². The number of hydrogen-bond donors (Lipinski definition) is 4. The van der Waals surface area contributed by atoms with E-state index in [0.717, 1.165) is 5.56 Å². The predicted molar refractivity (Wildman–Crippen MR) is 57.9 cm³/mol. The van der Waals surface area contributed by atoms with E-state index in [4.69, 9.17) is 26.5 Å². The average molecular weight is 225 g/mol. The Bertz CT molecular complexity index is 361. The van der Waals surface area contributed by atoms with Crippen molar-refractivity contribution in [1.29, 1.82) is 5.41 Å². The van der Waals surface area contributed by atoms with E-state index in [1.54, 1.807) is 6.21 Å². The lowest BCUT2D eigenvalue weighted by Gasteiger charge is -1.93. The molecule has 0 aliphatic rings. The molecule has 0 unspecified atom stereocenters. The fourth-order valence-corrected chi connectivity index (χ4v) is 0.715. The van der Waals surface area contributed by atoms with Gasteiger partial charge in [0.1, 0.15) is 0 Å². The minimum atomic E-state index is -1.50. The number of nitrogens with two attached hydrogens (primary N) is 1. The minimum absolute atomic E-state index is 0.165. The van der Waals surface area contributed by atoms with Gasteiger partial charge in [-0.05, 0) is 5.56 Å². The normalized spacial score (nSPS) is 9.00. The molecule has 0 heterocycles. The number of nitrogens with zero attached hydrogens (tertiary/aromatic N) is 2. The van der Waals surface area contributed by atoms with Gasteiger partial charge in [0.25, 0.3) is 5.09 Å². The van der Waals surface area contributed by atoms with E-state index >= 15 is 0 Å². The summed E-state index contributed by atoms with van der Waals surface area (Å²) in [5.41, 5.74) is 8.30. The van der Waals surface area contributed by atoms with Gasteiger partial charge in [-0.1, -0.05) is 30.3 Å². The van der Waals surface area contributed by atoms with Crippen LogP contribution in [0.4, 0.5) is 0 Å². The molecule has 5 N–H and O–H groups in total. The van der Waals surface area contributed by atoms with Crippen molar-refractivity contribution in [3.8, 4) is 0 Å². The summed E-state index contributed by atoms with van der Waals surface area (Å²) in [6.45, 7) is 0. The van der Waals surface area contributed by atoms with Crippen LogP contribution in [0, 0.1) is 15.5 Å². The molecule has 1 rings (SSSR count). The second-order valence-electron chi connectivity index (χ2n) is 2.43. The molecule has 1 aromatic rings. The summed E-state index contributed by atoms with van der Waals surface area (Å²) >= 11 is 0. The fraction of sp³-hybridized carbons (Fsp3) is 0. The Labute approximate surface area is 91.0 Å².